The molecule has 0 unspecified atom stereocenters. The predicted molar refractivity (Wildman–Crippen MR) is 103 cm³/mol. The van der Waals surface area contributed by atoms with Gasteiger partial charge >= 0.3 is 0 Å². The number of nitrogens with two attached hydrogens (primary N) is 1. The molecule has 22 heavy (non-hydrogen) atoms. The molecule has 2 rings (SSSR count). The molecule has 0 atom stereocenters. The van der Waals surface area contributed by atoms with Crippen molar-refractivity contribution in [2.24, 2.45) is 16.6 Å². The monoisotopic (exact) mass is 417 g/mol. The fraction of sp³-hybridized carbons (Fsp3) is 0.588. The molecule has 0 heterocycles. The Balaban J connectivity index is 0.00000242. The normalized spacial score (nSPS) is 15.1. The van der Waals surface area contributed by atoms with E-state index in [0.717, 1.165) is 31.2 Å². The van der Waals surface area contributed by atoms with Crippen molar-refractivity contribution in [2.75, 3.05) is 13.1 Å². The molecule has 0 amide bonds. The highest BCUT2D eigenvalue weighted by Gasteiger charge is 2.16. The average Bonchev–Trinajstić information content (AvgIpc) is 2.38. The van der Waals surface area contributed by atoms with Crippen molar-refractivity contribution in [1.82, 2.24) is 5.32 Å². The number of nitrogens with zero attached hydrogens (tertiary/aromatic N) is 1. The van der Waals surface area contributed by atoms with Gasteiger partial charge in [0, 0.05) is 13.1 Å². The van der Waals surface area contributed by atoms with E-state index in [2.05, 4.69) is 22.4 Å². The van der Waals surface area contributed by atoms with Crippen LogP contribution < -0.4 is 15.8 Å². The number of rotatable bonds is 7. The molecule has 1 aromatic rings. The molecule has 0 spiro atoms. The zero-order chi connectivity index (χ0) is 15.1. The summed E-state index contributed by atoms with van der Waals surface area (Å²) in [6, 6.07) is 8.23. The van der Waals surface area contributed by atoms with Gasteiger partial charge in [-0.2, -0.15) is 0 Å². The van der Waals surface area contributed by atoms with Gasteiger partial charge in [0.05, 0.1) is 6.10 Å². The van der Waals surface area contributed by atoms with Crippen LogP contribution in [0.5, 0.6) is 5.75 Å². The number of nitrogens with one attached hydrogen (secondary N) is 1. The van der Waals surface area contributed by atoms with E-state index in [9.17, 15) is 0 Å². The smallest absolute Gasteiger partial charge is 0.188 e. The fourth-order valence-electron chi connectivity index (χ4n) is 2.30. The molecular weight excluding hydrogens is 389 g/mol. The third kappa shape index (κ3) is 6.85. The van der Waals surface area contributed by atoms with E-state index in [4.69, 9.17) is 10.5 Å². The van der Waals surface area contributed by atoms with E-state index in [-0.39, 0.29) is 30.1 Å². The SMILES string of the molecule is CC(C)Oc1ccc(CCNC(N)=NCC2CCC2)cc1.I. The molecule has 0 aliphatic heterocycles. The van der Waals surface area contributed by atoms with Crippen molar-refractivity contribution < 1.29 is 4.74 Å². The molecule has 0 radical (unpaired) electrons. The number of hydrogen-bond acceptors (Lipinski definition) is 2. The third-order valence-corrected chi connectivity index (χ3v) is 3.76. The average molecular weight is 417 g/mol. The van der Waals surface area contributed by atoms with Crippen LogP contribution in [0.15, 0.2) is 29.3 Å². The topological polar surface area (TPSA) is 59.6 Å². The second kappa shape index (κ2) is 9.92. The second-order valence-corrected chi connectivity index (χ2v) is 6.01. The molecule has 1 fully saturated rings. The van der Waals surface area contributed by atoms with Crippen LogP contribution in [-0.2, 0) is 6.42 Å². The number of benzene rings is 1. The first-order valence-corrected chi connectivity index (χ1v) is 7.93. The minimum atomic E-state index is 0. The Bertz CT molecular complexity index is 455. The number of aliphatic imine (C=N–C) groups is 1. The maximum absolute atomic E-state index is 5.86. The highest BCUT2D eigenvalue weighted by atomic mass is 127. The summed E-state index contributed by atoms with van der Waals surface area (Å²) in [4.78, 5) is 4.39. The van der Waals surface area contributed by atoms with Crippen molar-refractivity contribution in [3.63, 3.8) is 0 Å². The lowest BCUT2D eigenvalue weighted by molar-refractivity contribution is 0.242. The molecule has 1 aliphatic rings. The molecule has 124 valence electrons. The van der Waals surface area contributed by atoms with E-state index in [1.54, 1.807) is 0 Å². The van der Waals surface area contributed by atoms with E-state index >= 15 is 0 Å². The Hall–Kier alpha value is -0.980. The van der Waals surface area contributed by atoms with Gasteiger partial charge in [-0.25, -0.2) is 0 Å². The zero-order valence-electron chi connectivity index (χ0n) is 13.5. The minimum Gasteiger partial charge on any atom is -0.491 e. The molecule has 1 aromatic carbocycles. The number of ether oxygens (including phenoxy) is 1. The Kier molecular flexibility index (Phi) is 8.60. The lowest BCUT2D eigenvalue weighted by Gasteiger charge is -2.23. The second-order valence-electron chi connectivity index (χ2n) is 6.01. The lowest BCUT2D eigenvalue weighted by atomic mass is 9.86. The predicted octanol–water partition coefficient (Wildman–Crippen LogP) is 3.34. The largest absolute Gasteiger partial charge is 0.491 e. The van der Waals surface area contributed by atoms with Crippen LogP contribution in [-0.4, -0.2) is 25.2 Å². The van der Waals surface area contributed by atoms with Crippen LogP contribution in [0.3, 0.4) is 0 Å². The summed E-state index contributed by atoms with van der Waals surface area (Å²) >= 11 is 0. The maximum atomic E-state index is 5.86. The van der Waals surface area contributed by atoms with Crippen LogP contribution in [0.2, 0.25) is 0 Å². The van der Waals surface area contributed by atoms with E-state index < -0.39 is 0 Å². The highest BCUT2D eigenvalue weighted by molar-refractivity contribution is 14.0. The Morgan fingerprint density at radius 1 is 1.32 bits per heavy atom. The van der Waals surface area contributed by atoms with Gasteiger partial charge in [0.1, 0.15) is 5.75 Å². The fourth-order valence-corrected chi connectivity index (χ4v) is 2.30. The van der Waals surface area contributed by atoms with Gasteiger partial charge in [-0.05, 0) is 56.7 Å². The molecule has 5 heteroatoms. The van der Waals surface area contributed by atoms with Gasteiger partial charge in [-0.1, -0.05) is 18.6 Å². The molecular formula is C17H28IN3O. The van der Waals surface area contributed by atoms with Crippen molar-refractivity contribution in [3.8, 4) is 5.75 Å². The first-order chi connectivity index (χ1) is 10.1. The zero-order valence-corrected chi connectivity index (χ0v) is 15.9. The van der Waals surface area contributed by atoms with Gasteiger partial charge in [0.15, 0.2) is 5.96 Å². The summed E-state index contributed by atoms with van der Waals surface area (Å²) in [6.45, 7) is 5.75. The molecule has 1 aliphatic carbocycles. The Morgan fingerprint density at radius 2 is 2.00 bits per heavy atom. The van der Waals surface area contributed by atoms with Crippen molar-refractivity contribution in [3.05, 3.63) is 29.8 Å². The van der Waals surface area contributed by atoms with Gasteiger partial charge in [-0.15, -0.1) is 24.0 Å². The third-order valence-electron chi connectivity index (χ3n) is 3.76. The summed E-state index contributed by atoms with van der Waals surface area (Å²) < 4.78 is 5.63. The van der Waals surface area contributed by atoms with Crippen LogP contribution in [0.1, 0.15) is 38.7 Å². The van der Waals surface area contributed by atoms with Gasteiger partial charge in [0.25, 0.3) is 0 Å². The van der Waals surface area contributed by atoms with Crippen LogP contribution in [0, 0.1) is 5.92 Å². The number of hydrogen-bond donors (Lipinski definition) is 2. The van der Waals surface area contributed by atoms with E-state index in [0.29, 0.717) is 5.96 Å². The van der Waals surface area contributed by atoms with Crippen LogP contribution in [0.25, 0.3) is 0 Å². The summed E-state index contributed by atoms with van der Waals surface area (Å²) in [6.07, 6.45) is 5.11. The summed E-state index contributed by atoms with van der Waals surface area (Å²) in [5.74, 6) is 2.25. The summed E-state index contributed by atoms with van der Waals surface area (Å²) in [7, 11) is 0. The molecule has 0 aromatic heterocycles. The summed E-state index contributed by atoms with van der Waals surface area (Å²) in [5.41, 5.74) is 7.13. The molecule has 0 bridgehead atoms. The minimum absolute atomic E-state index is 0. The number of guanidine groups is 1. The summed E-state index contributed by atoms with van der Waals surface area (Å²) in [5, 5.41) is 3.18. The van der Waals surface area contributed by atoms with Crippen molar-refractivity contribution in [2.45, 2.75) is 45.6 Å². The van der Waals surface area contributed by atoms with Crippen LogP contribution >= 0.6 is 24.0 Å². The van der Waals surface area contributed by atoms with Crippen molar-refractivity contribution in [1.29, 1.82) is 0 Å². The van der Waals surface area contributed by atoms with Gasteiger partial charge in [0.2, 0.25) is 0 Å². The molecule has 0 saturated heterocycles. The highest BCUT2D eigenvalue weighted by Crippen LogP contribution is 2.26. The molecule has 3 N–H and O–H groups in total. The first kappa shape index (κ1) is 19.1. The standard InChI is InChI=1S/C17H27N3O.HI/c1-13(2)21-16-8-6-14(7-9-16)10-11-19-17(18)20-12-15-4-3-5-15;/h6-9,13,15H,3-5,10-12H2,1-2H3,(H3,18,19,20);1H. The van der Waals surface area contributed by atoms with Crippen LogP contribution in [0.4, 0.5) is 0 Å². The maximum Gasteiger partial charge on any atom is 0.188 e. The molecule has 4 nitrogen and oxygen atoms in total. The number of halogens is 1. The van der Waals surface area contributed by atoms with Crippen molar-refractivity contribution >= 4 is 29.9 Å². The van der Waals surface area contributed by atoms with E-state index in [1.165, 1.54) is 24.8 Å². The van der Waals surface area contributed by atoms with Gasteiger partial charge in [-0.3, -0.25) is 4.99 Å². The van der Waals surface area contributed by atoms with Gasteiger partial charge < -0.3 is 15.8 Å². The quantitative estimate of drug-likeness (QED) is 0.407. The lowest BCUT2D eigenvalue weighted by Crippen LogP contribution is -2.34. The molecule has 1 saturated carbocycles. The van der Waals surface area contributed by atoms with E-state index in [1.807, 2.05) is 26.0 Å². The first-order valence-electron chi connectivity index (χ1n) is 7.93. The Labute approximate surface area is 150 Å². The Morgan fingerprint density at radius 3 is 2.55 bits per heavy atom.